The number of nitrogens with one attached hydrogen (secondary N) is 1. The van der Waals surface area contributed by atoms with Crippen molar-refractivity contribution in [1.82, 2.24) is 19.4 Å². The maximum Gasteiger partial charge on any atom is 0.182 e. The predicted octanol–water partition coefficient (Wildman–Crippen LogP) is 1.01. The second-order valence-corrected chi connectivity index (χ2v) is 2.59. The molecule has 3 aromatic heterocycles. The molecular weight excluding hydrogens is 152 g/mol. The molecule has 1 N–H and O–H groups in total. The van der Waals surface area contributed by atoms with Crippen LogP contribution in [-0.4, -0.2) is 19.4 Å². The van der Waals surface area contributed by atoms with E-state index in [9.17, 15) is 0 Å². The van der Waals surface area contributed by atoms with Gasteiger partial charge in [-0.1, -0.05) is 0 Å². The van der Waals surface area contributed by atoms with Crippen molar-refractivity contribution >= 4 is 16.7 Å². The first-order valence-electron chi connectivity index (χ1n) is 3.62. The van der Waals surface area contributed by atoms with Gasteiger partial charge in [0.2, 0.25) is 0 Å². The summed E-state index contributed by atoms with van der Waals surface area (Å²) in [6, 6.07) is 1.95. The second kappa shape index (κ2) is 1.85. The SMILES string of the molecule is [c]1ncc2cnc3[nH]ccc3n12. The van der Waals surface area contributed by atoms with Crippen LogP contribution in [0.4, 0.5) is 0 Å². The van der Waals surface area contributed by atoms with E-state index >= 15 is 0 Å². The summed E-state index contributed by atoms with van der Waals surface area (Å²) in [5.74, 6) is 0. The Labute approximate surface area is 67.9 Å². The van der Waals surface area contributed by atoms with E-state index < -0.39 is 0 Å². The van der Waals surface area contributed by atoms with Gasteiger partial charge in [-0.15, -0.1) is 0 Å². The quantitative estimate of drug-likeness (QED) is 0.529. The minimum absolute atomic E-state index is 0.858. The molecule has 12 heavy (non-hydrogen) atoms. The summed E-state index contributed by atoms with van der Waals surface area (Å²) in [5, 5.41) is 0. The first-order chi connectivity index (χ1) is 5.95. The molecule has 4 heteroatoms. The van der Waals surface area contributed by atoms with E-state index in [1.807, 2.05) is 16.7 Å². The van der Waals surface area contributed by atoms with Crippen molar-refractivity contribution in [2.45, 2.75) is 0 Å². The van der Waals surface area contributed by atoms with E-state index in [0.29, 0.717) is 0 Å². The van der Waals surface area contributed by atoms with Gasteiger partial charge in [0, 0.05) is 6.20 Å². The molecule has 0 aliphatic carbocycles. The van der Waals surface area contributed by atoms with Crippen molar-refractivity contribution in [1.29, 1.82) is 0 Å². The lowest BCUT2D eigenvalue weighted by Gasteiger charge is -1.92. The van der Waals surface area contributed by atoms with Crippen molar-refractivity contribution in [3.8, 4) is 0 Å². The van der Waals surface area contributed by atoms with E-state index in [4.69, 9.17) is 0 Å². The molecule has 57 valence electrons. The van der Waals surface area contributed by atoms with Gasteiger partial charge in [0.05, 0.1) is 23.4 Å². The molecule has 3 rings (SSSR count). The van der Waals surface area contributed by atoms with Crippen molar-refractivity contribution in [2.75, 3.05) is 0 Å². The number of nitrogens with zero attached hydrogens (tertiary/aromatic N) is 3. The molecule has 0 bridgehead atoms. The fourth-order valence-electron chi connectivity index (χ4n) is 1.32. The largest absolute Gasteiger partial charge is 0.345 e. The normalized spacial score (nSPS) is 11.3. The average Bonchev–Trinajstić information content (AvgIpc) is 2.71. The summed E-state index contributed by atoms with van der Waals surface area (Å²) in [5.41, 5.74) is 2.82. The molecule has 0 spiro atoms. The third-order valence-electron chi connectivity index (χ3n) is 1.88. The van der Waals surface area contributed by atoms with Crippen LogP contribution >= 0.6 is 0 Å². The highest BCUT2D eigenvalue weighted by molar-refractivity contribution is 5.74. The third-order valence-corrected chi connectivity index (χ3v) is 1.88. The third kappa shape index (κ3) is 0.567. The lowest BCUT2D eigenvalue weighted by molar-refractivity contribution is 1.17. The number of fused-ring (bicyclic) bond motifs is 3. The second-order valence-electron chi connectivity index (χ2n) is 2.59. The highest BCUT2D eigenvalue weighted by Crippen LogP contribution is 2.11. The first-order valence-corrected chi connectivity index (χ1v) is 3.62. The molecule has 3 aromatic rings. The molecule has 1 radical (unpaired) electrons. The molecule has 0 aromatic carbocycles. The van der Waals surface area contributed by atoms with Gasteiger partial charge in [0.25, 0.3) is 0 Å². The molecule has 0 unspecified atom stereocenters. The Bertz CT molecular complexity index is 484. The fraction of sp³-hybridized carbons (Fsp3) is 0. The smallest absolute Gasteiger partial charge is 0.182 e. The van der Waals surface area contributed by atoms with Crippen LogP contribution in [-0.2, 0) is 0 Å². The highest BCUT2D eigenvalue weighted by atomic mass is 15.0. The van der Waals surface area contributed by atoms with Crippen LogP contribution in [0.2, 0.25) is 0 Å². The van der Waals surface area contributed by atoms with Crippen molar-refractivity contribution in [2.24, 2.45) is 0 Å². The van der Waals surface area contributed by atoms with Gasteiger partial charge in [-0.3, -0.25) is 4.40 Å². The zero-order valence-electron chi connectivity index (χ0n) is 6.15. The zero-order chi connectivity index (χ0) is 7.97. The summed E-state index contributed by atoms with van der Waals surface area (Å²) < 4.78 is 1.87. The van der Waals surface area contributed by atoms with Crippen LogP contribution in [0, 0.1) is 6.33 Å². The lowest BCUT2D eigenvalue weighted by Crippen LogP contribution is -1.85. The van der Waals surface area contributed by atoms with E-state index in [1.54, 1.807) is 12.4 Å². The van der Waals surface area contributed by atoms with Crippen LogP contribution < -0.4 is 0 Å². The van der Waals surface area contributed by atoms with Crippen LogP contribution in [0.3, 0.4) is 0 Å². The van der Waals surface area contributed by atoms with Crippen LogP contribution in [0.25, 0.3) is 16.7 Å². The highest BCUT2D eigenvalue weighted by Gasteiger charge is 2.00. The Morgan fingerprint density at radius 1 is 1.42 bits per heavy atom. The lowest BCUT2D eigenvalue weighted by atomic mass is 10.5. The molecule has 4 nitrogen and oxygen atoms in total. The Morgan fingerprint density at radius 2 is 2.42 bits per heavy atom. The van der Waals surface area contributed by atoms with Gasteiger partial charge < -0.3 is 4.98 Å². The Hall–Kier alpha value is -1.84. The van der Waals surface area contributed by atoms with Gasteiger partial charge in [0.1, 0.15) is 0 Å². The molecule has 0 fully saturated rings. The van der Waals surface area contributed by atoms with Crippen LogP contribution in [0.1, 0.15) is 0 Å². The molecule has 0 atom stereocenters. The standard InChI is InChI=1S/C8H5N4/c1-2-10-8-7(1)12-5-9-3-6(12)4-11-8/h1-4,10H. The number of hydrogen-bond donors (Lipinski definition) is 1. The first kappa shape index (κ1) is 5.77. The topological polar surface area (TPSA) is 46.0 Å². The van der Waals surface area contributed by atoms with Crippen LogP contribution in [0.5, 0.6) is 0 Å². The Kier molecular flexibility index (Phi) is 0.889. The van der Waals surface area contributed by atoms with Gasteiger partial charge in [0.15, 0.2) is 12.0 Å². The molecule has 0 amide bonds. The fourth-order valence-corrected chi connectivity index (χ4v) is 1.32. The van der Waals surface area contributed by atoms with Crippen molar-refractivity contribution in [3.05, 3.63) is 31.0 Å². The Morgan fingerprint density at radius 3 is 3.42 bits per heavy atom. The zero-order valence-corrected chi connectivity index (χ0v) is 6.15. The van der Waals surface area contributed by atoms with E-state index in [0.717, 1.165) is 16.7 Å². The number of rotatable bonds is 0. The summed E-state index contributed by atoms with van der Waals surface area (Å²) in [6.45, 7) is 0. The number of hydrogen-bond acceptors (Lipinski definition) is 2. The van der Waals surface area contributed by atoms with Crippen molar-refractivity contribution < 1.29 is 0 Å². The minimum Gasteiger partial charge on any atom is -0.345 e. The maximum atomic E-state index is 4.21. The van der Waals surface area contributed by atoms with E-state index in [2.05, 4.69) is 21.3 Å². The maximum absolute atomic E-state index is 4.21. The molecule has 0 aliphatic heterocycles. The van der Waals surface area contributed by atoms with Crippen molar-refractivity contribution in [3.63, 3.8) is 0 Å². The van der Waals surface area contributed by atoms with E-state index in [-0.39, 0.29) is 0 Å². The molecular formula is C8H5N4. The summed E-state index contributed by atoms with van der Waals surface area (Å²) in [7, 11) is 0. The number of H-pyrrole nitrogens is 1. The van der Waals surface area contributed by atoms with E-state index in [1.165, 1.54) is 0 Å². The van der Waals surface area contributed by atoms with Gasteiger partial charge in [-0.25, -0.2) is 9.97 Å². The number of aromatic nitrogens is 4. The van der Waals surface area contributed by atoms with Gasteiger partial charge >= 0.3 is 0 Å². The number of aromatic amines is 1. The van der Waals surface area contributed by atoms with Crippen LogP contribution in [0.15, 0.2) is 24.7 Å². The molecule has 0 aliphatic rings. The molecule has 0 saturated heterocycles. The molecule has 0 saturated carbocycles. The van der Waals surface area contributed by atoms with Gasteiger partial charge in [-0.2, -0.15) is 0 Å². The summed E-state index contributed by atoms with van der Waals surface area (Å²) >= 11 is 0. The average molecular weight is 157 g/mol. The molecule has 3 heterocycles. The number of imidazole rings is 1. The summed E-state index contributed by atoms with van der Waals surface area (Å²) in [6.07, 6.45) is 8.21. The minimum atomic E-state index is 0.858. The monoisotopic (exact) mass is 157 g/mol. The van der Waals surface area contributed by atoms with Gasteiger partial charge in [-0.05, 0) is 6.07 Å². The summed E-state index contributed by atoms with van der Waals surface area (Å²) in [4.78, 5) is 11.1. The predicted molar refractivity (Wildman–Crippen MR) is 43.7 cm³/mol. The Balaban J connectivity index is 2.71.